The molecule has 4 bridgehead atoms. The molecule has 4 aliphatic carbocycles. The van der Waals surface area contributed by atoms with Crippen molar-refractivity contribution in [3.63, 3.8) is 0 Å². The molecule has 5 nitrogen and oxygen atoms in total. The van der Waals surface area contributed by atoms with Gasteiger partial charge >= 0.3 is 0 Å². The number of benzene rings is 1. The number of alkyl halides is 1. The Labute approximate surface area is 160 Å². The SMILES string of the molecule is O=C(CC12C[C@H]3C[C@@H](CC(Br)(C3)C1)C2)Nc1ccc2nc[nH]c(=O)c2c1. The maximum absolute atomic E-state index is 12.8. The van der Waals surface area contributed by atoms with E-state index in [1.165, 1.54) is 38.4 Å². The molecule has 6 heteroatoms. The quantitative estimate of drug-likeness (QED) is 0.744. The van der Waals surface area contributed by atoms with Crippen molar-refractivity contribution in [3.8, 4) is 0 Å². The normalized spacial score (nSPS) is 35.0. The van der Waals surface area contributed by atoms with Crippen LogP contribution < -0.4 is 10.9 Å². The van der Waals surface area contributed by atoms with Gasteiger partial charge in [0.15, 0.2) is 0 Å². The Balaban J connectivity index is 1.35. The molecule has 1 aromatic heterocycles. The standard InChI is InChI=1S/C20H22BrN3O2/c21-20-7-12-3-13(8-20)6-19(5-12,10-20)9-17(25)24-14-1-2-16-15(4-14)18(26)23-11-22-16/h1-2,4,11-13H,3,5-10H2,(H,24,25)(H,22,23,26)/t12-,13-,19?,20?/m1/s1. The summed E-state index contributed by atoms with van der Waals surface area (Å²) in [6, 6.07) is 5.31. The maximum Gasteiger partial charge on any atom is 0.258 e. The van der Waals surface area contributed by atoms with E-state index in [9.17, 15) is 9.59 Å². The van der Waals surface area contributed by atoms with Gasteiger partial charge in [-0.2, -0.15) is 0 Å². The summed E-state index contributed by atoms with van der Waals surface area (Å²) in [7, 11) is 0. The number of fused-ring (bicyclic) bond motifs is 1. The maximum atomic E-state index is 12.8. The van der Waals surface area contributed by atoms with Crippen LogP contribution in [0.25, 0.3) is 10.9 Å². The predicted octanol–water partition coefficient (Wildman–Crippen LogP) is 3.99. The van der Waals surface area contributed by atoms with Gasteiger partial charge in [0.05, 0.1) is 17.2 Å². The number of nitrogens with one attached hydrogen (secondary N) is 2. The first-order valence-electron chi connectivity index (χ1n) is 9.38. The minimum atomic E-state index is -0.187. The Morgan fingerprint density at radius 1 is 1.27 bits per heavy atom. The molecule has 136 valence electrons. The van der Waals surface area contributed by atoms with E-state index in [2.05, 4.69) is 31.2 Å². The fraction of sp³-hybridized carbons (Fsp3) is 0.550. The molecule has 0 spiro atoms. The van der Waals surface area contributed by atoms with Crippen molar-refractivity contribution in [3.05, 3.63) is 34.9 Å². The number of anilines is 1. The van der Waals surface area contributed by atoms with Gasteiger partial charge in [0.1, 0.15) is 0 Å². The number of hydrogen-bond acceptors (Lipinski definition) is 3. The molecule has 2 aromatic rings. The molecule has 1 amide bonds. The molecule has 26 heavy (non-hydrogen) atoms. The van der Waals surface area contributed by atoms with Gasteiger partial charge < -0.3 is 10.3 Å². The molecule has 4 fully saturated rings. The number of nitrogens with zero attached hydrogens (tertiary/aromatic N) is 1. The molecule has 2 N–H and O–H groups in total. The van der Waals surface area contributed by atoms with Crippen molar-refractivity contribution in [2.24, 2.45) is 17.3 Å². The van der Waals surface area contributed by atoms with E-state index in [-0.39, 0.29) is 21.2 Å². The van der Waals surface area contributed by atoms with Crippen LogP contribution in [-0.4, -0.2) is 20.2 Å². The summed E-state index contributed by atoms with van der Waals surface area (Å²) in [6.45, 7) is 0. The number of aromatic amines is 1. The number of hydrogen-bond donors (Lipinski definition) is 2. The van der Waals surface area contributed by atoms with E-state index in [1.807, 2.05) is 6.07 Å². The second kappa shape index (κ2) is 5.65. The van der Waals surface area contributed by atoms with Gasteiger partial charge in [0, 0.05) is 16.4 Å². The third-order valence-corrected chi connectivity index (χ3v) is 7.50. The molecular formula is C20H22BrN3O2. The second-order valence-electron chi connectivity index (χ2n) is 8.80. The Kier molecular flexibility index (Phi) is 3.58. The zero-order valence-electron chi connectivity index (χ0n) is 14.6. The first-order valence-corrected chi connectivity index (χ1v) is 10.2. The van der Waals surface area contributed by atoms with E-state index in [0.717, 1.165) is 18.3 Å². The highest BCUT2D eigenvalue weighted by Gasteiger charge is 2.57. The third-order valence-electron chi connectivity index (χ3n) is 6.57. The largest absolute Gasteiger partial charge is 0.326 e. The van der Waals surface area contributed by atoms with E-state index in [0.29, 0.717) is 23.0 Å². The van der Waals surface area contributed by atoms with E-state index < -0.39 is 0 Å². The van der Waals surface area contributed by atoms with Crippen molar-refractivity contribution < 1.29 is 4.79 Å². The lowest BCUT2D eigenvalue weighted by Gasteiger charge is -2.60. The van der Waals surface area contributed by atoms with Gasteiger partial charge in [-0.1, -0.05) is 15.9 Å². The fourth-order valence-corrected chi connectivity index (χ4v) is 7.75. The molecule has 4 saturated carbocycles. The van der Waals surface area contributed by atoms with Crippen LogP contribution in [-0.2, 0) is 4.79 Å². The molecule has 2 atom stereocenters. The Morgan fingerprint density at radius 3 is 2.77 bits per heavy atom. The van der Waals surface area contributed by atoms with Gasteiger partial charge in [0.2, 0.25) is 5.91 Å². The minimum Gasteiger partial charge on any atom is -0.326 e. The summed E-state index contributed by atoms with van der Waals surface area (Å²) >= 11 is 4.01. The van der Waals surface area contributed by atoms with Crippen LogP contribution in [0.5, 0.6) is 0 Å². The first-order chi connectivity index (χ1) is 12.4. The van der Waals surface area contributed by atoms with Crippen molar-refractivity contribution in [1.29, 1.82) is 0 Å². The summed E-state index contributed by atoms with van der Waals surface area (Å²) in [5.41, 5.74) is 1.26. The monoisotopic (exact) mass is 415 g/mol. The number of H-pyrrole nitrogens is 1. The Hall–Kier alpha value is -1.69. The van der Waals surface area contributed by atoms with Gasteiger partial charge in [-0.25, -0.2) is 4.98 Å². The van der Waals surface area contributed by atoms with Gasteiger partial charge in [-0.15, -0.1) is 0 Å². The van der Waals surface area contributed by atoms with Gasteiger partial charge in [-0.05, 0) is 74.0 Å². The summed E-state index contributed by atoms with van der Waals surface area (Å²) in [5.74, 6) is 1.60. The molecule has 6 rings (SSSR count). The van der Waals surface area contributed by atoms with Crippen LogP contribution in [0.2, 0.25) is 0 Å². The van der Waals surface area contributed by atoms with Gasteiger partial charge in [0.25, 0.3) is 5.56 Å². The van der Waals surface area contributed by atoms with Crippen LogP contribution in [0.1, 0.15) is 44.9 Å². The number of carbonyl (C=O) groups excluding carboxylic acids is 1. The lowest BCUT2D eigenvalue weighted by molar-refractivity contribution is -0.123. The van der Waals surface area contributed by atoms with Crippen molar-refractivity contribution in [1.82, 2.24) is 9.97 Å². The van der Waals surface area contributed by atoms with E-state index in [4.69, 9.17) is 0 Å². The average molecular weight is 416 g/mol. The number of amides is 1. The number of rotatable bonds is 3. The molecule has 0 aliphatic heterocycles. The zero-order chi connectivity index (χ0) is 17.9. The first kappa shape index (κ1) is 16.5. The molecule has 1 heterocycles. The molecular weight excluding hydrogens is 394 g/mol. The predicted molar refractivity (Wildman–Crippen MR) is 104 cm³/mol. The second-order valence-corrected chi connectivity index (χ2v) is 10.5. The van der Waals surface area contributed by atoms with Crippen LogP contribution in [0.3, 0.4) is 0 Å². The summed E-state index contributed by atoms with van der Waals surface area (Å²) in [5, 5.41) is 3.51. The number of halogens is 1. The van der Waals surface area contributed by atoms with Gasteiger partial charge in [-0.3, -0.25) is 9.59 Å². The summed E-state index contributed by atoms with van der Waals surface area (Å²) in [6.07, 6.45) is 9.34. The van der Waals surface area contributed by atoms with Crippen LogP contribution >= 0.6 is 15.9 Å². The lowest BCUT2D eigenvalue weighted by Crippen LogP contribution is -2.53. The highest BCUT2D eigenvalue weighted by atomic mass is 79.9. The number of aromatic nitrogens is 2. The highest BCUT2D eigenvalue weighted by Crippen LogP contribution is 2.65. The summed E-state index contributed by atoms with van der Waals surface area (Å²) in [4.78, 5) is 31.5. The van der Waals surface area contributed by atoms with Crippen LogP contribution in [0.4, 0.5) is 5.69 Å². The van der Waals surface area contributed by atoms with E-state index >= 15 is 0 Å². The average Bonchev–Trinajstić information content (AvgIpc) is 2.52. The van der Waals surface area contributed by atoms with Crippen molar-refractivity contribution >= 4 is 38.4 Å². The summed E-state index contributed by atoms with van der Waals surface area (Å²) < 4.78 is 0.263. The number of carbonyl (C=O) groups is 1. The fourth-order valence-electron chi connectivity index (χ4n) is 6.23. The molecule has 1 aromatic carbocycles. The zero-order valence-corrected chi connectivity index (χ0v) is 16.1. The molecule has 0 radical (unpaired) electrons. The van der Waals surface area contributed by atoms with Crippen molar-refractivity contribution in [2.45, 2.75) is 49.3 Å². The molecule has 4 aliphatic rings. The van der Waals surface area contributed by atoms with Crippen LogP contribution in [0, 0.1) is 17.3 Å². The minimum absolute atomic E-state index is 0.0581. The molecule has 0 unspecified atom stereocenters. The van der Waals surface area contributed by atoms with Crippen LogP contribution in [0.15, 0.2) is 29.3 Å². The van der Waals surface area contributed by atoms with E-state index in [1.54, 1.807) is 12.1 Å². The van der Waals surface area contributed by atoms with Crippen molar-refractivity contribution in [2.75, 3.05) is 5.32 Å². The topological polar surface area (TPSA) is 74.8 Å². The molecule has 0 saturated heterocycles. The smallest absolute Gasteiger partial charge is 0.258 e. The third kappa shape index (κ3) is 2.79. The Bertz CT molecular complexity index is 939. The lowest BCUT2D eigenvalue weighted by atomic mass is 9.48. The Morgan fingerprint density at radius 2 is 2.04 bits per heavy atom. The highest BCUT2D eigenvalue weighted by molar-refractivity contribution is 9.10.